The first-order valence-corrected chi connectivity index (χ1v) is 9.54. The largest absolute Gasteiger partial charge is 0.378 e. The summed E-state index contributed by atoms with van der Waals surface area (Å²) in [5, 5.41) is 0. The van der Waals surface area contributed by atoms with Crippen molar-refractivity contribution in [2.24, 2.45) is 11.8 Å². The van der Waals surface area contributed by atoms with Crippen molar-refractivity contribution in [1.29, 1.82) is 0 Å². The molecular weight excluding hydrogens is 292 g/mol. The third-order valence-electron chi connectivity index (χ3n) is 6.23. The number of hydrogen-bond acceptors (Lipinski definition) is 4. The van der Waals surface area contributed by atoms with Gasteiger partial charge in [-0.05, 0) is 44.1 Å². The van der Waals surface area contributed by atoms with Crippen molar-refractivity contribution < 1.29 is 14.3 Å². The Bertz CT molecular complexity index is 418. The number of amides is 1. The highest BCUT2D eigenvalue weighted by molar-refractivity contribution is 5.81. The van der Waals surface area contributed by atoms with Crippen molar-refractivity contribution in [3.05, 3.63) is 0 Å². The Hall–Kier alpha value is -0.650. The van der Waals surface area contributed by atoms with Gasteiger partial charge in [0.15, 0.2) is 0 Å². The molecule has 0 aromatic heterocycles. The van der Waals surface area contributed by atoms with Gasteiger partial charge in [-0.1, -0.05) is 12.8 Å². The Balaban J connectivity index is 1.29. The molecule has 0 spiro atoms. The molecule has 5 heteroatoms. The molecule has 1 saturated carbocycles. The second-order valence-electron chi connectivity index (χ2n) is 7.80. The molecule has 4 fully saturated rings. The van der Waals surface area contributed by atoms with E-state index < -0.39 is 0 Å². The van der Waals surface area contributed by atoms with Gasteiger partial charge in [-0.3, -0.25) is 4.79 Å². The second kappa shape index (κ2) is 7.08. The predicted molar refractivity (Wildman–Crippen MR) is 87.2 cm³/mol. The molecule has 0 radical (unpaired) electrons. The Labute approximate surface area is 139 Å². The first-order valence-electron chi connectivity index (χ1n) is 9.54. The van der Waals surface area contributed by atoms with Crippen molar-refractivity contribution in [2.45, 2.75) is 50.7 Å². The van der Waals surface area contributed by atoms with Gasteiger partial charge in [0.05, 0.1) is 19.3 Å². The number of morpholine rings is 1. The molecular formula is C18H30N2O3. The van der Waals surface area contributed by atoms with Crippen LogP contribution < -0.4 is 0 Å². The van der Waals surface area contributed by atoms with Crippen molar-refractivity contribution in [1.82, 2.24) is 9.80 Å². The molecule has 0 unspecified atom stereocenters. The lowest BCUT2D eigenvalue weighted by molar-refractivity contribution is -0.147. The lowest BCUT2D eigenvalue weighted by Gasteiger charge is -2.35. The zero-order valence-electron chi connectivity index (χ0n) is 14.1. The van der Waals surface area contributed by atoms with Gasteiger partial charge in [0.1, 0.15) is 6.10 Å². The summed E-state index contributed by atoms with van der Waals surface area (Å²) in [4.78, 5) is 17.2. The summed E-state index contributed by atoms with van der Waals surface area (Å²) < 4.78 is 11.5. The number of hydrogen-bond donors (Lipinski definition) is 0. The lowest BCUT2D eigenvalue weighted by atomic mass is 9.91. The van der Waals surface area contributed by atoms with Gasteiger partial charge in [-0.2, -0.15) is 0 Å². The van der Waals surface area contributed by atoms with Crippen LogP contribution in [0, 0.1) is 11.8 Å². The van der Waals surface area contributed by atoms with E-state index in [2.05, 4.69) is 4.90 Å². The summed E-state index contributed by atoms with van der Waals surface area (Å²) in [6.45, 7) is 6.26. The normalized spacial score (nSPS) is 36.3. The van der Waals surface area contributed by atoms with Crippen molar-refractivity contribution >= 4 is 5.91 Å². The van der Waals surface area contributed by atoms with E-state index in [-0.39, 0.29) is 18.1 Å². The van der Waals surface area contributed by atoms with Gasteiger partial charge in [0.25, 0.3) is 5.91 Å². The smallest absolute Gasteiger partial charge is 0.251 e. The summed E-state index contributed by atoms with van der Waals surface area (Å²) in [6, 6.07) is 0. The summed E-state index contributed by atoms with van der Waals surface area (Å²) in [5.74, 6) is 1.69. The monoisotopic (exact) mass is 322 g/mol. The van der Waals surface area contributed by atoms with Crippen molar-refractivity contribution in [3.63, 3.8) is 0 Å². The minimum absolute atomic E-state index is 0.199. The number of carbonyl (C=O) groups is 1. The Morgan fingerprint density at radius 2 is 1.83 bits per heavy atom. The van der Waals surface area contributed by atoms with Gasteiger partial charge in [0, 0.05) is 26.2 Å². The lowest BCUT2D eigenvalue weighted by Crippen LogP contribution is -2.46. The number of fused-ring (bicyclic) bond motifs is 1. The van der Waals surface area contributed by atoms with Crippen LogP contribution in [0.25, 0.3) is 0 Å². The molecule has 1 amide bonds. The zero-order valence-corrected chi connectivity index (χ0v) is 14.1. The summed E-state index contributed by atoms with van der Waals surface area (Å²) in [5.41, 5.74) is 0. The van der Waals surface area contributed by atoms with Crippen molar-refractivity contribution in [2.75, 3.05) is 45.9 Å². The highest BCUT2D eigenvalue weighted by Crippen LogP contribution is 2.35. The van der Waals surface area contributed by atoms with Crippen LogP contribution >= 0.6 is 0 Å². The molecule has 0 N–H and O–H groups in total. The Kier molecular flexibility index (Phi) is 4.88. The number of piperidine rings is 1. The SMILES string of the molecule is O=C([C@@H]1C[C@@H]2CCN(CC3CCCC3)C[C@H]2O1)N1CCOCC1. The highest BCUT2D eigenvalue weighted by Gasteiger charge is 2.43. The maximum Gasteiger partial charge on any atom is 0.251 e. The summed E-state index contributed by atoms with van der Waals surface area (Å²) >= 11 is 0. The topological polar surface area (TPSA) is 42.0 Å². The van der Waals surface area contributed by atoms with E-state index in [4.69, 9.17) is 9.47 Å². The standard InChI is InChI=1S/C18H30N2O3/c21-18(20-7-9-22-10-8-20)16-11-15-5-6-19(13-17(15)23-16)12-14-3-1-2-4-14/h14-17H,1-13H2/t15-,16-,17+/m0/s1. The molecule has 1 aliphatic carbocycles. The van der Waals surface area contributed by atoms with E-state index in [1.807, 2.05) is 4.90 Å². The van der Waals surface area contributed by atoms with Crippen LogP contribution in [0.3, 0.4) is 0 Å². The number of nitrogens with zero attached hydrogens (tertiary/aromatic N) is 2. The molecule has 130 valence electrons. The quantitative estimate of drug-likeness (QED) is 0.790. The maximum absolute atomic E-state index is 12.6. The molecule has 4 aliphatic rings. The molecule has 5 nitrogen and oxygen atoms in total. The second-order valence-corrected chi connectivity index (χ2v) is 7.80. The van der Waals surface area contributed by atoms with Gasteiger partial charge in [0.2, 0.25) is 0 Å². The predicted octanol–water partition coefficient (Wildman–Crippen LogP) is 1.51. The van der Waals surface area contributed by atoms with Gasteiger partial charge in [-0.15, -0.1) is 0 Å². The van der Waals surface area contributed by atoms with Crippen LogP contribution in [0.2, 0.25) is 0 Å². The van der Waals surface area contributed by atoms with Crippen LogP contribution in [0.5, 0.6) is 0 Å². The Morgan fingerprint density at radius 1 is 1.04 bits per heavy atom. The van der Waals surface area contributed by atoms with Crippen LogP contribution in [0.4, 0.5) is 0 Å². The number of ether oxygens (including phenoxy) is 2. The van der Waals surface area contributed by atoms with Crippen LogP contribution in [-0.4, -0.2) is 73.9 Å². The minimum atomic E-state index is -0.200. The van der Waals surface area contributed by atoms with Gasteiger partial charge in [-0.25, -0.2) is 0 Å². The number of carbonyl (C=O) groups excluding carboxylic acids is 1. The molecule has 3 aliphatic heterocycles. The third-order valence-corrected chi connectivity index (χ3v) is 6.23. The summed E-state index contributed by atoms with van der Waals surface area (Å²) in [6.07, 6.45) is 7.85. The molecule has 3 atom stereocenters. The number of likely N-dealkylation sites (tertiary alicyclic amines) is 1. The van der Waals surface area contributed by atoms with Crippen molar-refractivity contribution in [3.8, 4) is 0 Å². The fourth-order valence-corrected chi connectivity index (χ4v) is 4.86. The molecule has 23 heavy (non-hydrogen) atoms. The van der Waals surface area contributed by atoms with E-state index >= 15 is 0 Å². The highest BCUT2D eigenvalue weighted by atomic mass is 16.5. The molecule has 0 aromatic rings. The fraction of sp³-hybridized carbons (Fsp3) is 0.944. The maximum atomic E-state index is 12.6. The van der Waals surface area contributed by atoms with Crippen LogP contribution in [-0.2, 0) is 14.3 Å². The van der Waals surface area contributed by atoms with Crippen LogP contribution in [0.15, 0.2) is 0 Å². The Morgan fingerprint density at radius 3 is 2.61 bits per heavy atom. The number of rotatable bonds is 3. The summed E-state index contributed by atoms with van der Waals surface area (Å²) in [7, 11) is 0. The van der Waals surface area contributed by atoms with E-state index in [1.54, 1.807) is 0 Å². The van der Waals surface area contributed by atoms with Gasteiger partial charge >= 0.3 is 0 Å². The average molecular weight is 322 g/mol. The average Bonchev–Trinajstić information content (AvgIpc) is 3.24. The third kappa shape index (κ3) is 3.57. The molecule has 3 saturated heterocycles. The first kappa shape index (κ1) is 15.9. The fourth-order valence-electron chi connectivity index (χ4n) is 4.86. The van der Waals surface area contributed by atoms with Crippen LogP contribution in [0.1, 0.15) is 38.5 Å². The molecule has 3 heterocycles. The first-order chi connectivity index (χ1) is 11.3. The van der Waals surface area contributed by atoms with E-state index in [0.717, 1.165) is 32.0 Å². The van der Waals surface area contributed by atoms with E-state index in [1.165, 1.54) is 45.2 Å². The zero-order chi connectivity index (χ0) is 15.6. The molecule has 0 bridgehead atoms. The van der Waals surface area contributed by atoms with E-state index in [0.29, 0.717) is 19.1 Å². The van der Waals surface area contributed by atoms with E-state index in [9.17, 15) is 4.79 Å². The minimum Gasteiger partial charge on any atom is -0.378 e. The molecule has 4 rings (SSSR count). The van der Waals surface area contributed by atoms with Gasteiger partial charge < -0.3 is 19.3 Å². The molecule has 0 aromatic carbocycles.